The van der Waals surface area contributed by atoms with E-state index in [1.807, 2.05) is 7.11 Å². The SMILES string of the molecule is COC(/C=C/[C@@H](C)C1CCC2/C(=C/C=C3C[C@@H](C)C[C@H](C)C3)CCC[C@@]21C)C1(C)CC1. The zero-order chi connectivity index (χ0) is 22.2. The summed E-state index contributed by atoms with van der Waals surface area (Å²) in [5.74, 6) is 3.98. The van der Waals surface area contributed by atoms with E-state index in [9.17, 15) is 0 Å². The molecule has 1 heteroatoms. The Morgan fingerprint density at radius 3 is 2.32 bits per heavy atom. The number of allylic oxidation sites excluding steroid dienone is 5. The Bertz CT molecular complexity index is 711. The van der Waals surface area contributed by atoms with Crippen molar-refractivity contribution >= 4 is 0 Å². The predicted octanol–water partition coefficient (Wildman–Crippen LogP) is 8.52. The van der Waals surface area contributed by atoms with Gasteiger partial charge in [-0.15, -0.1) is 0 Å². The molecular weight excluding hydrogens is 376 g/mol. The predicted molar refractivity (Wildman–Crippen MR) is 133 cm³/mol. The molecule has 31 heavy (non-hydrogen) atoms. The number of hydrogen-bond acceptors (Lipinski definition) is 1. The second-order valence-electron chi connectivity index (χ2n) is 12.6. The van der Waals surface area contributed by atoms with Crippen LogP contribution in [0.25, 0.3) is 0 Å². The second kappa shape index (κ2) is 9.20. The van der Waals surface area contributed by atoms with Crippen molar-refractivity contribution in [1.29, 1.82) is 0 Å². The number of methoxy groups -OCH3 is 1. The molecule has 0 aromatic carbocycles. The summed E-state index contributed by atoms with van der Waals surface area (Å²) in [6, 6.07) is 0. The monoisotopic (exact) mass is 424 g/mol. The molecular formula is C30H48O. The molecule has 0 saturated heterocycles. The van der Waals surface area contributed by atoms with Gasteiger partial charge in [-0.1, -0.05) is 70.1 Å². The van der Waals surface area contributed by atoms with Crippen molar-refractivity contribution in [2.45, 2.75) is 105 Å². The highest BCUT2D eigenvalue weighted by molar-refractivity contribution is 5.26. The highest BCUT2D eigenvalue weighted by Gasteiger charge is 2.50. The van der Waals surface area contributed by atoms with Crippen LogP contribution in [0.4, 0.5) is 0 Å². The standard InChI is InChI=1S/C30H48O/c1-21-18-22(2)20-24(19-21)10-11-25-8-7-15-30(5)26(12-13-27(25)30)23(3)9-14-28(31-6)29(4)16-17-29/h9-11,14,21-23,26-28H,7-8,12-13,15-20H2,1-6H3/b14-9+,25-11+/t21-,22-,23+,26?,27?,28?,30+/m0/s1. The van der Waals surface area contributed by atoms with E-state index in [1.165, 1.54) is 64.2 Å². The summed E-state index contributed by atoms with van der Waals surface area (Å²) < 4.78 is 5.84. The van der Waals surface area contributed by atoms with Crippen LogP contribution in [-0.2, 0) is 4.74 Å². The first-order valence-corrected chi connectivity index (χ1v) is 13.3. The summed E-state index contributed by atoms with van der Waals surface area (Å²) in [5.41, 5.74) is 4.35. The topological polar surface area (TPSA) is 9.23 Å². The first-order valence-electron chi connectivity index (χ1n) is 13.3. The van der Waals surface area contributed by atoms with Crippen molar-refractivity contribution in [2.75, 3.05) is 7.11 Å². The van der Waals surface area contributed by atoms with Gasteiger partial charge in [-0.2, -0.15) is 0 Å². The van der Waals surface area contributed by atoms with Crippen molar-refractivity contribution in [3.8, 4) is 0 Å². The van der Waals surface area contributed by atoms with Crippen LogP contribution in [-0.4, -0.2) is 13.2 Å². The van der Waals surface area contributed by atoms with Crippen molar-refractivity contribution < 1.29 is 4.74 Å². The maximum atomic E-state index is 5.84. The minimum atomic E-state index is 0.300. The molecule has 4 rings (SSSR count). The summed E-state index contributed by atoms with van der Waals surface area (Å²) >= 11 is 0. The largest absolute Gasteiger partial charge is 0.377 e. The minimum Gasteiger partial charge on any atom is -0.377 e. The molecule has 4 saturated carbocycles. The molecule has 0 bridgehead atoms. The Labute approximate surface area is 192 Å². The average molecular weight is 425 g/mol. The normalized spacial score (nSPS) is 40.7. The van der Waals surface area contributed by atoms with Gasteiger partial charge in [0.2, 0.25) is 0 Å². The Hall–Kier alpha value is -0.820. The molecule has 4 fully saturated rings. The lowest BCUT2D eigenvalue weighted by Gasteiger charge is -2.44. The summed E-state index contributed by atoms with van der Waals surface area (Å²) in [6.07, 6.45) is 23.9. The van der Waals surface area contributed by atoms with Gasteiger partial charge in [-0.05, 0) is 105 Å². The number of rotatable bonds is 6. The maximum absolute atomic E-state index is 5.84. The van der Waals surface area contributed by atoms with Crippen LogP contribution in [0.3, 0.4) is 0 Å². The molecule has 0 radical (unpaired) electrons. The minimum absolute atomic E-state index is 0.300. The van der Waals surface area contributed by atoms with Crippen molar-refractivity contribution in [3.63, 3.8) is 0 Å². The van der Waals surface area contributed by atoms with Crippen LogP contribution < -0.4 is 0 Å². The Morgan fingerprint density at radius 1 is 0.968 bits per heavy atom. The van der Waals surface area contributed by atoms with E-state index >= 15 is 0 Å². The van der Waals surface area contributed by atoms with Crippen LogP contribution in [0.1, 0.15) is 98.8 Å². The van der Waals surface area contributed by atoms with Gasteiger partial charge in [0, 0.05) is 7.11 Å². The molecule has 0 heterocycles. The molecule has 4 aliphatic carbocycles. The summed E-state index contributed by atoms with van der Waals surface area (Å²) in [7, 11) is 1.89. The van der Waals surface area contributed by atoms with E-state index in [2.05, 4.69) is 58.9 Å². The number of hydrogen-bond donors (Lipinski definition) is 0. The molecule has 174 valence electrons. The lowest BCUT2D eigenvalue weighted by molar-refractivity contribution is 0.0833. The molecule has 0 amide bonds. The molecule has 0 N–H and O–H groups in total. The van der Waals surface area contributed by atoms with Crippen LogP contribution in [0.15, 0.2) is 35.5 Å². The Morgan fingerprint density at radius 2 is 1.68 bits per heavy atom. The van der Waals surface area contributed by atoms with Gasteiger partial charge in [-0.25, -0.2) is 0 Å². The van der Waals surface area contributed by atoms with Crippen LogP contribution in [0.5, 0.6) is 0 Å². The summed E-state index contributed by atoms with van der Waals surface area (Å²) in [6.45, 7) is 12.3. The zero-order valence-electron chi connectivity index (χ0n) is 21.3. The third-order valence-corrected chi connectivity index (χ3v) is 9.80. The third kappa shape index (κ3) is 4.92. The smallest absolute Gasteiger partial charge is 0.0805 e. The Kier molecular flexibility index (Phi) is 6.93. The third-order valence-electron chi connectivity index (χ3n) is 9.80. The summed E-state index contributed by atoms with van der Waals surface area (Å²) in [5, 5.41) is 0. The van der Waals surface area contributed by atoms with Crippen LogP contribution in [0, 0.1) is 40.4 Å². The van der Waals surface area contributed by atoms with E-state index in [0.29, 0.717) is 22.9 Å². The van der Waals surface area contributed by atoms with Gasteiger partial charge in [-0.3, -0.25) is 0 Å². The van der Waals surface area contributed by atoms with Crippen LogP contribution >= 0.6 is 0 Å². The van der Waals surface area contributed by atoms with Gasteiger partial charge in [0.05, 0.1) is 6.10 Å². The van der Waals surface area contributed by atoms with Crippen molar-refractivity contribution in [1.82, 2.24) is 0 Å². The average Bonchev–Trinajstić information content (AvgIpc) is 3.35. The zero-order valence-corrected chi connectivity index (χ0v) is 21.3. The quantitative estimate of drug-likeness (QED) is 0.388. The lowest BCUT2D eigenvalue weighted by atomic mass is 9.61. The molecule has 0 aromatic rings. The highest BCUT2D eigenvalue weighted by atomic mass is 16.5. The molecule has 4 aliphatic rings. The van der Waals surface area contributed by atoms with Crippen molar-refractivity contribution in [2.24, 2.45) is 40.4 Å². The molecule has 0 spiro atoms. The highest BCUT2D eigenvalue weighted by Crippen LogP contribution is 2.59. The van der Waals surface area contributed by atoms with Gasteiger partial charge in [0.1, 0.15) is 0 Å². The molecule has 3 unspecified atom stereocenters. The van der Waals surface area contributed by atoms with Crippen LogP contribution in [0.2, 0.25) is 0 Å². The first kappa shape index (κ1) is 23.3. The van der Waals surface area contributed by atoms with Crippen molar-refractivity contribution in [3.05, 3.63) is 35.5 Å². The number of ether oxygens (including phenoxy) is 1. The van der Waals surface area contributed by atoms with Gasteiger partial charge < -0.3 is 4.74 Å². The van der Waals surface area contributed by atoms with E-state index in [1.54, 1.807) is 11.1 Å². The van der Waals surface area contributed by atoms with Gasteiger partial charge >= 0.3 is 0 Å². The Balaban J connectivity index is 1.46. The fraction of sp³-hybridized carbons (Fsp3) is 0.800. The van der Waals surface area contributed by atoms with E-state index in [4.69, 9.17) is 4.74 Å². The fourth-order valence-electron chi connectivity index (χ4n) is 7.82. The number of fused-ring (bicyclic) bond motifs is 1. The maximum Gasteiger partial charge on any atom is 0.0805 e. The molecule has 0 aromatic heterocycles. The first-order chi connectivity index (χ1) is 14.7. The lowest BCUT2D eigenvalue weighted by Crippen LogP contribution is -2.35. The molecule has 1 nitrogen and oxygen atoms in total. The summed E-state index contributed by atoms with van der Waals surface area (Å²) in [4.78, 5) is 0. The molecule has 0 aliphatic heterocycles. The fourth-order valence-corrected chi connectivity index (χ4v) is 7.82. The second-order valence-corrected chi connectivity index (χ2v) is 12.6. The van der Waals surface area contributed by atoms with Gasteiger partial charge in [0.25, 0.3) is 0 Å². The van der Waals surface area contributed by atoms with E-state index in [0.717, 1.165) is 23.7 Å². The molecule has 7 atom stereocenters. The van der Waals surface area contributed by atoms with E-state index < -0.39 is 0 Å². The van der Waals surface area contributed by atoms with Gasteiger partial charge in [0.15, 0.2) is 0 Å². The van der Waals surface area contributed by atoms with E-state index in [-0.39, 0.29) is 0 Å².